The fourth-order valence-corrected chi connectivity index (χ4v) is 1.53. The van der Waals surface area contributed by atoms with Gasteiger partial charge in [-0.05, 0) is 43.4 Å². The highest BCUT2D eigenvalue weighted by Crippen LogP contribution is 2.21. The number of hydrogen-bond donors (Lipinski definition) is 2. The van der Waals surface area contributed by atoms with Crippen molar-refractivity contribution in [2.75, 3.05) is 0 Å². The minimum atomic E-state index is -0.748. The Morgan fingerprint density at radius 2 is 2.07 bits per heavy atom. The van der Waals surface area contributed by atoms with Crippen LogP contribution in [0, 0.1) is 6.92 Å². The Bertz CT molecular complexity index is 345. The molecule has 0 radical (unpaired) electrons. The summed E-state index contributed by atoms with van der Waals surface area (Å²) in [7, 11) is 0. The van der Waals surface area contributed by atoms with Gasteiger partial charge in [-0.15, -0.1) is 0 Å². The summed E-state index contributed by atoms with van der Waals surface area (Å²) in [6.07, 6.45) is 2.58. The van der Waals surface area contributed by atoms with E-state index in [0.717, 1.165) is 24.0 Å². The second-order valence-corrected chi connectivity index (χ2v) is 3.66. The molecule has 0 aliphatic rings. The Morgan fingerprint density at radius 3 is 2.73 bits per heavy atom. The van der Waals surface area contributed by atoms with E-state index in [1.165, 1.54) is 0 Å². The largest absolute Gasteiger partial charge is 0.508 e. The number of benzene rings is 1. The lowest BCUT2D eigenvalue weighted by molar-refractivity contribution is -0.137. The standard InChI is InChI=1S/C12H16O3/c1-9-10(6-4-7-11(9)13)5-2-3-8-12(14)15/h4,6-7,13H,2-3,5,8H2,1H3,(H,14,15). The first-order chi connectivity index (χ1) is 7.11. The maximum absolute atomic E-state index is 10.3. The van der Waals surface area contributed by atoms with Crippen LogP contribution in [-0.2, 0) is 11.2 Å². The average molecular weight is 208 g/mol. The Hall–Kier alpha value is -1.51. The number of rotatable bonds is 5. The Kier molecular flexibility index (Phi) is 4.16. The zero-order valence-corrected chi connectivity index (χ0v) is 8.86. The van der Waals surface area contributed by atoms with Crippen molar-refractivity contribution in [1.82, 2.24) is 0 Å². The summed E-state index contributed by atoms with van der Waals surface area (Å²) in [6, 6.07) is 5.45. The molecule has 0 amide bonds. The molecular formula is C12H16O3. The lowest BCUT2D eigenvalue weighted by Gasteiger charge is -2.06. The number of hydrogen-bond acceptors (Lipinski definition) is 2. The summed E-state index contributed by atoms with van der Waals surface area (Å²) < 4.78 is 0. The summed E-state index contributed by atoms with van der Waals surface area (Å²) in [4.78, 5) is 10.3. The zero-order chi connectivity index (χ0) is 11.3. The third-order valence-electron chi connectivity index (χ3n) is 2.50. The minimum Gasteiger partial charge on any atom is -0.508 e. The predicted molar refractivity (Wildman–Crippen MR) is 58.0 cm³/mol. The van der Waals surface area contributed by atoms with Crippen molar-refractivity contribution in [3.63, 3.8) is 0 Å². The van der Waals surface area contributed by atoms with Gasteiger partial charge in [0.1, 0.15) is 5.75 Å². The van der Waals surface area contributed by atoms with E-state index in [1.54, 1.807) is 6.07 Å². The number of aromatic hydroxyl groups is 1. The van der Waals surface area contributed by atoms with Crippen LogP contribution in [0.15, 0.2) is 18.2 Å². The monoisotopic (exact) mass is 208 g/mol. The highest BCUT2D eigenvalue weighted by molar-refractivity contribution is 5.66. The minimum absolute atomic E-state index is 0.220. The number of aryl methyl sites for hydroxylation is 1. The molecule has 0 aliphatic carbocycles. The number of carbonyl (C=O) groups is 1. The molecule has 0 heterocycles. The van der Waals surface area contributed by atoms with Gasteiger partial charge in [0.2, 0.25) is 0 Å². The first-order valence-electron chi connectivity index (χ1n) is 5.10. The summed E-state index contributed by atoms with van der Waals surface area (Å²) >= 11 is 0. The van der Waals surface area contributed by atoms with Crippen LogP contribution in [0.2, 0.25) is 0 Å². The van der Waals surface area contributed by atoms with Crippen LogP contribution in [0.25, 0.3) is 0 Å². The lowest BCUT2D eigenvalue weighted by atomic mass is 10.0. The van der Waals surface area contributed by atoms with Crippen LogP contribution in [0.4, 0.5) is 0 Å². The molecule has 0 saturated heterocycles. The van der Waals surface area contributed by atoms with Gasteiger partial charge in [-0.1, -0.05) is 12.1 Å². The summed E-state index contributed by atoms with van der Waals surface area (Å²) in [5.41, 5.74) is 1.99. The molecule has 0 atom stereocenters. The maximum Gasteiger partial charge on any atom is 0.303 e. The molecule has 0 aromatic heterocycles. The van der Waals surface area contributed by atoms with Gasteiger partial charge in [-0.3, -0.25) is 4.79 Å². The molecule has 1 aromatic rings. The predicted octanol–water partition coefficient (Wildman–Crippen LogP) is 2.50. The number of phenols is 1. The molecule has 3 heteroatoms. The second-order valence-electron chi connectivity index (χ2n) is 3.66. The van der Waals surface area contributed by atoms with Gasteiger partial charge in [-0.2, -0.15) is 0 Å². The Labute approximate surface area is 89.4 Å². The van der Waals surface area contributed by atoms with Gasteiger partial charge >= 0.3 is 5.97 Å². The summed E-state index contributed by atoms with van der Waals surface area (Å²) in [6.45, 7) is 1.88. The van der Waals surface area contributed by atoms with Crippen LogP contribution in [-0.4, -0.2) is 16.2 Å². The van der Waals surface area contributed by atoms with Crippen molar-refractivity contribution in [1.29, 1.82) is 0 Å². The van der Waals surface area contributed by atoms with Crippen molar-refractivity contribution in [2.45, 2.75) is 32.6 Å². The van der Waals surface area contributed by atoms with Gasteiger partial charge in [0, 0.05) is 6.42 Å². The molecule has 3 nitrogen and oxygen atoms in total. The van der Waals surface area contributed by atoms with E-state index in [4.69, 9.17) is 5.11 Å². The van der Waals surface area contributed by atoms with Gasteiger partial charge in [-0.25, -0.2) is 0 Å². The topological polar surface area (TPSA) is 57.5 Å². The zero-order valence-electron chi connectivity index (χ0n) is 8.86. The Morgan fingerprint density at radius 1 is 1.33 bits per heavy atom. The third-order valence-corrected chi connectivity index (χ3v) is 2.50. The molecule has 1 aromatic carbocycles. The number of phenolic OH excluding ortho intramolecular Hbond substituents is 1. The van der Waals surface area contributed by atoms with Crippen LogP contribution in [0.1, 0.15) is 30.4 Å². The van der Waals surface area contributed by atoms with Crippen LogP contribution >= 0.6 is 0 Å². The molecule has 0 bridgehead atoms. The molecule has 0 aliphatic heterocycles. The van der Waals surface area contributed by atoms with E-state index in [2.05, 4.69) is 0 Å². The summed E-state index contributed by atoms with van der Waals surface area (Å²) in [5, 5.41) is 17.9. The molecule has 0 fully saturated rings. The fraction of sp³-hybridized carbons (Fsp3) is 0.417. The van der Waals surface area contributed by atoms with E-state index in [-0.39, 0.29) is 6.42 Å². The number of unbranched alkanes of at least 4 members (excludes halogenated alkanes) is 1. The van der Waals surface area contributed by atoms with Gasteiger partial charge in [0.25, 0.3) is 0 Å². The number of carboxylic acid groups (broad SMARTS) is 1. The molecule has 1 rings (SSSR count). The summed E-state index contributed by atoms with van der Waals surface area (Å²) in [5.74, 6) is -0.437. The normalized spacial score (nSPS) is 10.2. The van der Waals surface area contributed by atoms with Gasteiger partial charge in [0.05, 0.1) is 0 Å². The molecule has 0 saturated carbocycles. The quantitative estimate of drug-likeness (QED) is 0.731. The third kappa shape index (κ3) is 3.62. The van der Waals surface area contributed by atoms with Crippen LogP contribution in [0.3, 0.4) is 0 Å². The molecule has 15 heavy (non-hydrogen) atoms. The molecule has 2 N–H and O–H groups in total. The first kappa shape index (κ1) is 11.6. The van der Waals surface area contributed by atoms with Crippen LogP contribution in [0.5, 0.6) is 5.75 Å². The maximum atomic E-state index is 10.3. The van der Waals surface area contributed by atoms with Crippen molar-refractivity contribution >= 4 is 5.97 Å². The fourth-order valence-electron chi connectivity index (χ4n) is 1.53. The van der Waals surface area contributed by atoms with E-state index in [9.17, 15) is 9.90 Å². The lowest BCUT2D eigenvalue weighted by Crippen LogP contribution is -1.96. The van der Waals surface area contributed by atoms with Gasteiger partial charge in [0.15, 0.2) is 0 Å². The van der Waals surface area contributed by atoms with Crippen molar-refractivity contribution in [3.05, 3.63) is 29.3 Å². The highest BCUT2D eigenvalue weighted by Gasteiger charge is 2.03. The second kappa shape index (κ2) is 5.39. The van der Waals surface area contributed by atoms with Crippen molar-refractivity contribution < 1.29 is 15.0 Å². The molecular weight excluding hydrogens is 192 g/mol. The number of aliphatic carboxylic acids is 1. The highest BCUT2D eigenvalue weighted by atomic mass is 16.4. The van der Waals surface area contributed by atoms with Crippen LogP contribution < -0.4 is 0 Å². The van der Waals surface area contributed by atoms with E-state index >= 15 is 0 Å². The van der Waals surface area contributed by atoms with Crippen molar-refractivity contribution in [3.8, 4) is 5.75 Å². The smallest absolute Gasteiger partial charge is 0.303 e. The molecule has 0 spiro atoms. The van der Waals surface area contributed by atoms with E-state index < -0.39 is 5.97 Å². The van der Waals surface area contributed by atoms with Gasteiger partial charge < -0.3 is 10.2 Å². The van der Waals surface area contributed by atoms with E-state index in [0.29, 0.717) is 12.2 Å². The van der Waals surface area contributed by atoms with Crippen molar-refractivity contribution in [2.24, 2.45) is 0 Å². The van der Waals surface area contributed by atoms with E-state index in [1.807, 2.05) is 19.1 Å². The number of carboxylic acids is 1. The SMILES string of the molecule is Cc1c(O)cccc1CCCCC(=O)O. The first-order valence-corrected chi connectivity index (χ1v) is 5.10. The average Bonchev–Trinajstić information content (AvgIpc) is 2.18. The molecule has 0 unspecified atom stereocenters. The molecule has 82 valence electrons. The Balaban J connectivity index is 2.44.